The molecule has 0 saturated heterocycles. The summed E-state index contributed by atoms with van der Waals surface area (Å²) < 4.78 is 6.38. The molecular weight excluding hydrogens is 349 g/mol. The van der Waals surface area contributed by atoms with E-state index in [9.17, 15) is 0 Å². The van der Waals surface area contributed by atoms with E-state index in [1.807, 2.05) is 0 Å². The summed E-state index contributed by atoms with van der Waals surface area (Å²) >= 11 is 2.35. The monoisotopic (exact) mass is 375 g/mol. The second kappa shape index (κ2) is 8.22. The number of ether oxygens (including phenoxy) is 1. The first-order chi connectivity index (χ1) is 8.98. The van der Waals surface area contributed by atoms with E-state index in [1.165, 1.54) is 9.13 Å². The number of hydrogen-bond acceptors (Lipinski definition) is 2. The van der Waals surface area contributed by atoms with Crippen LogP contribution in [0.2, 0.25) is 0 Å². The van der Waals surface area contributed by atoms with Crippen molar-refractivity contribution in [2.24, 2.45) is 11.3 Å². The highest BCUT2D eigenvalue weighted by Gasteiger charge is 2.28. The molecule has 1 unspecified atom stereocenters. The number of nitrogens with one attached hydrogen (secondary N) is 1. The maximum atomic E-state index is 5.09. The van der Waals surface area contributed by atoms with Gasteiger partial charge in [-0.05, 0) is 58.0 Å². The van der Waals surface area contributed by atoms with E-state index < -0.39 is 0 Å². The summed E-state index contributed by atoms with van der Waals surface area (Å²) in [7, 11) is 1.74. The highest BCUT2D eigenvalue weighted by Crippen LogP contribution is 2.30. The van der Waals surface area contributed by atoms with Crippen LogP contribution in [-0.4, -0.2) is 26.8 Å². The molecular formula is C16H26INO. The third-order valence-electron chi connectivity index (χ3n) is 3.93. The van der Waals surface area contributed by atoms with E-state index in [2.05, 4.69) is 72.9 Å². The molecule has 1 aromatic carbocycles. The second-order valence-corrected chi connectivity index (χ2v) is 7.03. The zero-order valence-corrected chi connectivity index (χ0v) is 14.7. The normalized spacial score (nSPS) is 14.6. The molecule has 0 aliphatic carbocycles. The van der Waals surface area contributed by atoms with Crippen LogP contribution in [0.15, 0.2) is 24.3 Å². The topological polar surface area (TPSA) is 21.3 Å². The Morgan fingerprint density at radius 3 is 2.42 bits per heavy atom. The lowest BCUT2D eigenvalue weighted by Gasteiger charge is -2.34. The molecule has 1 aromatic rings. The van der Waals surface area contributed by atoms with Gasteiger partial charge in [-0.3, -0.25) is 0 Å². The molecule has 0 amide bonds. The van der Waals surface area contributed by atoms with Crippen LogP contribution in [0.1, 0.15) is 26.3 Å². The molecule has 0 aliphatic heterocycles. The van der Waals surface area contributed by atoms with Gasteiger partial charge in [0.15, 0.2) is 0 Å². The lowest BCUT2D eigenvalue weighted by molar-refractivity contribution is 0.175. The molecule has 0 bridgehead atoms. The Morgan fingerprint density at radius 2 is 1.89 bits per heavy atom. The molecule has 1 N–H and O–H groups in total. The molecule has 0 saturated carbocycles. The minimum atomic E-state index is 0.278. The van der Waals surface area contributed by atoms with Crippen molar-refractivity contribution in [2.75, 3.05) is 26.8 Å². The van der Waals surface area contributed by atoms with Crippen LogP contribution in [0.3, 0.4) is 0 Å². The van der Waals surface area contributed by atoms with E-state index in [1.54, 1.807) is 7.11 Å². The first-order valence-electron chi connectivity index (χ1n) is 6.92. The minimum absolute atomic E-state index is 0.278. The van der Waals surface area contributed by atoms with Crippen molar-refractivity contribution in [1.82, 2.24) is 5.32 Å². The standard InChI is InChI=1S/C16H26INO/c1-13(2)16(3,12-18-9-10-19-4)11-14-5-7-15(17)8-6-14/h5-8,13,18H,9-12H2,1-4H3. The lowest BCUT2D eigenvalue weighted by atomic mass is 9.74. The first kappa shape index (κ1) is 16.9. The van der Waals surface area contributed by atoms with Crippen LogP contribution in [0.25, 0.3) is 0 Å². The zero-order valence-electron chi connectivity index (χ0n) is 12.5. The molecule has 0 radical (unpaired) electrons. The average Bonchev–Trinajstić information content (AvgIpc) is 2.37. The van der Waals surface area contributed by atoms with Gasteiger partial charge in [-0.2, -0.15) is 0 Å². The Morgan fingerprint density at radius 1 is 1.26 bits per heavy atom. The van der Waals surface area contributed by atoms with Crippen LogP contribution < -0.4 is 5.32 Å². The van der Waals surface area contributed by atoms with Crippen LogP contribution in [0.4, 0.5) is 0 Å². The highest BCUT2D eigenvalue weighted by molar-refractivity contribution is 14.1. The smallest absolute Gasteiger partial charge is 0.0587 e. The van der Waals surface area contributed by atoms with Crippen LogP contribution in [0.5, 0.6) is 0 Å². The third kappa shape index (κ3) is 5.79. The summed E-state index contributed by atoms with van der Waals surface area (Å²) in [5, 5.41) is 3.51. The molecule has 3 heteroatoms. The molecule has 1 rings (SSSR count). The Balaban J connectivity index is 2.62. The van der Waals surface area contributed by atoms with Gasteiger partial charge >= 0.3 is 0 Å². The predicted molar refractivity (Wildman–Crippen MR) is 90.6 cm³/mol. The number of hydrogen-bond donors (Lipinski definition) is 1. The molecule has 0 aliphatic rings. The van der Waals surface area contributed by atoms with Crippen molar-refractivity contribution in [3.63, 3.8) is 0 Å². The fraction of sp³-hybridized carbons (Fsp3) is 0.625. The van der Waals surface area contributed by atoms with Gasteiger partial charge in [0.05, 0.1) is 6.61 Å². The van der Waals surface area contributed by atoms with Crippen molar-refractivity contribution in [2.45, 2.75) is 27.2 Å². The lowest BCUT2D eigenvalue weighted by Crippen LogP contribution is -2.39. The summed E-state index contributed by atoms with van der Waals surface area (Å²) in [6.45, 7) is 9.72. The first-order valence-corrected chi connectivity index (χ1v) is 8.00. The second-order valence-electron chi connectivity index (χ2n) is 5.78. The molecule has 0 aromatic heterocycles. The Labute approximate surface area is 131 Å². The quantitative estimate of drug-likeness (QED) is 0.552. The molecule has 0 fully saturated rings. The highest BCUT2D eigenvalue weighted by atomic mass is 127. The molecule has 0 heterocycles. The zero-order chi connectivity index (χ0) is 14.3. The van der Waals surface area contributed by atoms with Gasteiger partial charge in [0, 0.05) is 23.8 Å². The molecule has 108 valence electrons. The molecule has 19 heavy (non-hydrogen) atoms. The van der Waals surface area contributed by atoms with Crippen molar-refractivity contribution >= 4 is 22.6 Å². The number of methoxy groups -OCH3 is 1. The SMILES string of the molecule is COCCNCC(C)(Cc1ccc(I)cc1)C(C)C. The predicted octanol–water partition coefficient (Wildman–Crippen LogP) is 3.73. The summed E-state index contributed by atoms with van der Waals surface area (Å²) in [5.41, 5.74) is 1.70. The summed E-state index contributed by atoms with van der Waals surface area (Å²) in [6.07, 6.45) is 1.11. The van der Waals surface area contributed by atoms with Crippen molar-refractivity contribution < 1.29 is 4.74 Å². The van der Waals surface area contributed by atoms with Crippen molar-refractivity contribution in [1.29, 1.82) is 0 Å². The molecule has 2 nitrogen and oxygen atoms in total. The molecule has 0 spiro atoms. The van der Waals surface area contributed by atoms with E-state index in [0.717, 1.165) is 26.1 Å². The number of rotatable bonds is 8. The maximum Gasteiger partial charge on any atom is 0.0587 e. The largest absolute Gasteiger partial charge is 0.383 e. The van der Waals surface area contributed by atoms with E-state index in [4.69, 9.17) is 4.74 Å². The van der Waals surface area contributed by atoms with Gasteiger partial charge in [0.1, 0.15) is 0 Å². The fourth-order valence-electron chi connectivity index (χ4n) is 2.09. The van der Waals surface area contributed by atoms with Crippen molar-refractivity contribution in [3.05, 3.63) is 33.4 Å². The number of benzene rings is 1. The fourth-order valence-corrected chi connectivity index (χ4v) is 2.45. The number of halogens is 1. The van der Waals surface area contributed by atoms with Crippen LogP contribution in [-0.2, 0) is 11.2 Å². The van der Waals surface area contributed by atoms with E-state index >= 15 is 0 Å². The van der Waals surface area contributed by atoms with Gasteiger partial charge in [-0.25, -0.2) is 0 Å². The summed E-state index contributed by atoms with van der Waals surface area (Å²) in [6, 6.07) is 8.87. The summed E-state index contributed by atoms with van der Waals surface area (Å²) in [4.78, 5) is 0. The van der Waals surface area contributed by atoms with Gasteiger partial charge < -0.3 is 10.1 Å². The average molecular weight is 375 g/mol. The van der Waals surface area contributed by atoms with Crippen molar-refractivity contribution in [3.8, 4) is 0 Å². The van der Waals surface area contributed by atoms with Gasteiger partial charge in [-0.15, -0.1) is 0 Å². The van der Waals surface area contributed by atoms with Gasteiger partial charge in [0.2, 0.25) is 0 Å². The Kier molecular flexibility index (Phi) is 7.32. The van der Waals surface area contributed by atoms with Gasteiger partial charge in [0.25, 0.3) is 0 Å². The maximum absolute atomic E-state index is 5.09. The van der Waals surface area contributed by atoms with E-state index in [-0.39, 0.29) is 5.41 Å². The summed E-state index contributed by atoms with van der Waals surface area (Å²) in [5.74, 6) is 0.641. The molecule has 1 atom stereocenters. The minimum Gasteiger partial charge on any atom is -0.383 e. The Hall–Kier alpha value is -0.130. The third-order valence-corrected chi connectivity index (χ3v) is 4.65. The Bertz CT molecular complexity index is 364. The van der Waals surface area contributed by atoms with E-state index in [0.29, 0.717) is 5.92 Å². The van der Waals surface area contributed by atoms with Gasteiger partial charge in [-0.1, -0.05) is 32.9 Å². The van der Waals surface area contributed by atoms with Crippen LogP contribution >= 0.6 is 22.6 Å². The van der Waals surface area contributed by atoms with Crippen LogP contribution in [0, 0.1) is 14.9 Å².